The van der Waals surface area contributed by atoms with Gasteiger partial charge in [0, 0.05) is 19.6 Å². The van der Waals surface area contributed by atoms with Crippen molar-refractivity contribution in [3.8, 4) is 0 Å². The van der Waals surface area contributed by atoms with Gasteiger partial charge < -0.3 is 15.0 Å². The molecule has 0 bridgehead atoms. The number of likely N-dealkylation sites (N-methyl/N-ethyl adjacent to an activating group) is 1. The van der Waals surface area contributed by atoms with Crippen LogP contribution in [0.4, 0.5) is 0 Å². The van der Waals surface area contributed by atoms with E-state index < -0.39 is 0 Å². The highest BCUT2D eigenvalue weighted by Gasteiger charge is 2.23. The Hall–Kier alpha value is -1.39. The molecular weight excluding hydrogens is 252 g/mol. The first-order valence-corrected chi connectivity index (χ1v) is 7.20. The van der Waals surface area contributed by atoms with E-state index in [-0.39, 0.29) is 12.0 Å². The number of rotatable bonds is 4. The van der Waals surface area contributed by atoms with Crippen molar-refractivity contribution in [2.45, 2.75) is 26.4 Å². The van der Waals surface area contributed by atoms with Crippen LogP contribution in [0.3, 0.4) is 0 Å². The lowest BCUT2D eigenvalue weighted by Gasteiger charge is -2.33. The quantitative estimate of drug-likeness (QED) is 0.901. The summed E-state index contributed by atoms with van der Waals surface area (Å²) in [5, 5.41) is 3.10. The minimum absolute atomic E-state index is 0.109. The van der Waals surface area contributed by atoms with Crippen LogP contribution >= 0.6 is 0 Å². The minimum Gasteiger partial charge on any atom is -0.373 e. The third kappa shape index (κ3) is 3.81. The summed E-state index contributed by atoms with van der Waals surface area (Å²) in [5.74, 6) is 0.192. The number of aryl methyl sites for hydroxylation is 2. The summed E-state index contributed by atoms with van der Waals surface area (Å²) in [7, 11) is 1.90. The summed E-state index contributed by atoms with van der Waals surface area (Å²) >= 11 is 0. The monoisotopic (exact) mass is 276 g/mol. The summed E-state index contributed by atoms with van der Waals surface area (Å²) in [6.45, 7) is 6.97. The molecule has 4 heteroatoms. The number of ether oxygens (including phenoxy) is 1. The van der Waals surface area contributed by atoms with Gasteiger partial charge in [0.05, 0.1) is 19.1 Å². The van der Waals surface area contributed by atoms with Crippen LogP contribution in [0.2, 0.25) is 0 Å². The van der Waals surface area contributed by atoms with Crippen molar-refractivity contribution in [3.63, 3.8) is 0 Å². The number of amides is 1. The highest BCUT2D eigenvalue weighted by molar-refractivity contribution is 5.79. The summed E-state index contributed by atoms with van der Waals surface area (Å²) in [4.78, 5) is 14.3. The van der Waals surface area contributed by atoms with Gasteiger partial charge in [-0.1, -0.05) is 18.2 Å². The van der Waals surface area contributed by atoms with Gasteiger partial charge in [-0.05, 0) is 37.6 Å². The van der Waals surface area contributed by atoms with Crippen LogP contribution in [0.5, 0.6) is 0 Å². The van der Waals surface area contributed by atoms with Crippen molar-refractivity contribution in [1.82, 2.24) is 10.2 Å². The molecule has 1 fully saturated rings. The van der Waals surface area contributed by atoms with Gasteiger partial charge >= 0.3 is 0 Å². The minimum atomic E-state index is 0.109. The molecule has 20 heavy (non-hydrogen) atoms. The van der Waals surface area contributed by atoms with E-state index in [1.54, 1.807) is 0 Å². The smallest absolute Gasteiger partial charge is 0.227 e. The van der Waals surface area contributed by atoms with E-state index >= 15 is 0 Å². The molecule has 1 heterocycles. The van der Waals surface area contributed by atoms with Gasteiger partial charge in [-0.3, -0.25) is 4.79 Å². The molecule has 0 saturated carbocycles. The number of nitrogens with one attached hydrogen (secondary N) is 1. The maximum absolute atomic E-state index is 12.4. The molecule has 1 N–H and O–H groups in total. The lowest BCUT2D eigenvalue weighted by molar-refractivity contribution is -0.137. The number of hydrogen-bond acceptors (Lipinski definition) is 3. The third-order valence-electron chi connectivity index (χ3n) is 3.85. The summed E-state index contributed by atoms with van der Waals surface area (Å²) in [6.07, 6.45) is 0.588. The normalized spacial score (nSPS) is 19.1. The Kier molecular flexibility index (Phi) is 5.15. The topological polar surface area (TPSA) is 41.6 Å². The van der Waals surface area contributed by atoms with Gasteiger partial charge in [0.25, 0.3) is 0 Å². The highest BCUT2D eigenvalue weighted by Crippen LogP contribution is 2.13. The fourth-order valence-corrected chi connectivity index (χ4v) is 2.50. The number of carbonyl (C=O) groups excluding carboxylic acids is 1. The van der Waals surface area contributed by atoms with Gasteiger partial charge in [0.1, 0.15) is 0 Å². The highest BCUT2D eigenvalue weighted by atomic mass is 16.5. The molecule has 1 atom stereocenters. The van der Waals surface area contributed by atoms with Crippen molar-refractivity contribution in [2.24, 2.45) is 0 Å². The maximum atomic E-state index is 12.4. The second kappa shape index (κ2) is 6.86. The van der Waals surface area contributed by atoms with Crippen LogP contribution in [-0.2, 0) is 16.0 Å². The van der Waals surface area contributed by atoms with E-state index in [1.165, 1.54) is 11.1 Å². The Morgan fingerprint density at radius 3 is 2.90 bits per heavy atom. The van der Waals surface area contributed by atoms with E-state index in [9.17, 15) is 4.79 Å². The Bertz CT molecular complexity index is 472. The first-order chi connectivity index (χ1) is 9.60. The Morgan fingerprint density at radius 2 is 2.20 bits per heavy atom. The number of morpholine rings is 1. The SMILES string of the molecule is CNCC1CN(C(=O)Cc2ccc(C)c(C)c2)CCO1. The zero-order chi connectivity index (χ0) is 14.5. The van der Waals surface area contributed by atoms with Crippen molar-refractivity contribution >= 4 is 5.91 Å². The zero-order valence-electron chi connectivity index (χ0n) is 12.6. The predicted octanol–water partition coefficient (Wildman–Crippen LogP) is 1.29. The van der Waals surface area contributed by atoms with Crippen LogP contribution in [0.25, 0.3) is 0 Å². The van der Waals surface area contributed by atoms with E-state index in [0.29, 0.717) is 26.1 Å². The summed E-state index contributed by atoms with van der Waals surface area (Å²) < 4.78 is 5.63. The van der Waals surface area contributed by atoms with Crippen LogP contribution in [0, 0.1) is 13.8 Å². The van der Waals surface area contributed by atoms with Gasteiger partial charge in [-0.25, -0.2) is 0 Å². The maximum Gasteiger partial charge on any atom is 0.227 e. The Balaban J connectivity index is 1.95. The van der Waals surface area contributed by atoms with E-state index in [4.69, 9.17) is 4.74 Å². The van der Waals surface area contributed by atoms with E-state index in [2.05, 4.69) is 31.3 Å². The lowest BCUT2D eigenvalue weighted by atomic mass is 10.0. The predicted molar refractivity (Wildman–Crippen MR) is 79.9 cm³/mol. The molecule has 110 valence electrons. The molecule has 1 unspecified atom stereocenters. The molecule has 1 saturated heterocycles. The fourth-order valence-electron chi connectivity index (χ4n) is 2.50. The molecule has 0 spiro atoms. The van der Waals surface area contributed by atoms with Crippen LogP contribution in [-0.4, -0.2) is 50.2 Å². The van der Waals surface area contributed by atoms with Crippen molar-refractivity contribution < 1.29 is 9.53 Å². The molecule has 1 aliphatic heterocycles. The Morgan fingerprint density at radius 1 is 1.40 bits per heavy atom. The summed E-state index contributed by atoms with van der Waals surface area (Å²) in [6, 6.07) is 6.24. The molecule has 0 aliphatic carbocycles. The molecule has 1 aromatic rings. The van der Waals surface area contributed by atoms with E-state index in [1.807, 2.05) is 18.0 Å². The van der Waals surface area contributed by atoms with Crippen molar-refractivity contribution in [1.29, 1.82) is 0 Å². The number of nitrogens with zero attached hydrogens (tertiary/aromatic N) is 1. The lowest BCUT2D eigenvalue weighted by Crippen LogP contribution is -2.49. The number of carbonyl (C=O) groups is 1. The molecule has 4 nitrogen and oxygen atoms in total. The first kappa shape index (κ1) is 15.0. The van der Waals surface area contributed by atoms with Gasteiger partial charge in [0.2, 0.25) is 5.91 Å². The van der Waals surface area contributed by atoms with Crippen LogP contribution in [0.15, 0.2) is 18.2 Å². The Labute approximate surface area is 121 Å². The molecule has 1 aliphatic rings. The first-order valence-electron chi connectivity index (χ1n) is 7.20. The largest absolute Gasteiger partial charge is 0.373 e. The van der Waals surface area contributed by atoms with Crippen molar-refractivity contribution in [3.05, 3.63) is 34.9 Å². The second-order valence-electron chi connectivity index (χ2n) is 5.49. The van der Waals surface area contributed by atoms with Gasteiger partial charge in [0.15, 0.2) is 0 Å². The number of benzene rings is 1. The molecule has 1 aromatic carbocycles. The average Bonchev–Trinajstić information content (AvgIpc) is 2.43. The number of hydrogen-bond donors (Lipinski definition) is 1. The molecule has 0 aromatic heterocycles. The molecule has 1 amide bonds. The van der Waals surface area contributed by atoms with Gasteiger partial charge in [-0.15, -0.1) is 0 Å². The van der Waals surface area contributed by atoms with Crippen LogP contribution in [0.1, 0.15) is 16.7 Å². The third-order valence-corrected chi connectivity index (χ3v) is 3.85. The second-order valence-corrected chi connectivity index (χ2v) is 5.49. The summed E-state index contributed by atoms with van der Waals surface area (Å²) in [5.41, 5.74) is 3.60. The van der Waals surface area contributed by atoms with Gasteiger partial charge in [-0.2, -0.15) is 0 Å². The molecule has 0 radical (unpaired) electrons. The molecular formula is C16H24N2O2. The fraction of sp³-hybridized carbons (Fsp3) is 0.562. The zero-order valence-corrected chi connectivity index (χ0v) is 12.6. The average molecular weight is 276 g/mol. The standard InChI is InChI=1S/C16H24N2O2/c1-12-4-5-14(8-13(12)2)9-16(19)18-6-7-20-15(11-18)10-17-3/h4-5,8,15,17H,6-7,9-11H2,1-3H3. The van der Waals surface area contributed by atoms with Crippen molar-refractivity contribution in [2.75, 3.05) is 33.3 Å². The van der Waals surface area contributed by atoms with Crippen LogP contribution < -0.4 is 5.32 Å². The van der Waals surface area contributed by atoms with E-state index in [0.717, 1.165) is 12.1 Å². The molecule has 2 rings (SSSR count).